The van der Waals surface area contributed by atoms with Crippen LogP contribution in [-0.4, -0.2) is 72.1 Å². The van der Waals surface area contributed by atoms with Crippen molar-refractivity contribution < 1.29 is 0 Å². The first kappa shape index (κ1) is 23.6. The minimum absolute atomic E-state index is 0.718. The molecule has 0 atom stereocenters. The van der Waals surface area contributed by atoms with E-state index >= 15 is 0 Å². The van der Waals surface area contributed by atoms with Crippen LogP contribution in [0.15, 0.2) is 42.5 Å². The first-order valence-corrected chi connectivity index (χ1v) is 11.9. The summed E-state index contributed by atoms with van der Waals surface area (Å²) in [6.45, 7) is 17.5. The lowest BCUT2D eigenvalue weighted by Crippen LogP contribution is -2.39. The number of nitrogens with one attached hydrogen (secondary N) is 1. The van der Waals surface area contributed by atoms with Gasteiger partial charge in [0, 0.05) is 42.5 Å². The Morgan fingerprint density at radius 2 is 1.35 bits per heavy atom. The molecule has 0 fully saturated rings. The SMILES string of the molecule is CCN(CC)CCN(CCN(CC)CC)c1ccc(-c2nc3ccc(Cl)cc3[nH]2)cc1. The van der Waals surface area contributed by atoms with Gasteiger partial charge in [0.15, 0.2) is 0 Å². The molecule has 1 heterocycles. The number of anilines is 1. The van der Waals surface area contributed by atoms with E-state index in [1.807, 2.05) is 18.2 Å². The molecule has 3 aromatic rings. The summed E-state index contributed by atoms with van der Waals surface area (Å²) in [5, 5.41) is 0.718. The predicted molar refractivity (Wildman–Crippen MR) is 134 cm³/mol. The Labute approximate surface area is 192 Å². The van der Waals surface area contributed by atoms with Crippen molar-refractivity contribution in [2.45, 2.75) is 27.7 Å². The molecule has 0 amide bonds. The number of nitrogens with zero attached hydrogens (tertiary/aromatic N) is 4. The summed E-state index contributed by atoms with van der Waals surface area (Å²) in [6, 6.07) is 14.5. The van der Waals surface area contributed by atoms with Crippen molar-refractivity contribution in [3.8, 4) is 11.4 Å². The van der Waals surface area contributed by atoms with E-state index in [9.17, 15) is 0 Å². The fraction of sp³-hybridized carbons (Fsp3) is 0.480. The number of hydrogen-bond donors (Lipinski definition) is 1. The van der Waals surface area contributed by atoms with E-state index in [1.165, 1.54) is 5.69 Å². The number of rotatable bonds is 12. The van der Waals surface area contributed by atoms with Crippen LogP contribution in [0.2, 0.25) is 5.02 Å². The number of aromatic nitrogens is 2. The van der Waals surface area contributed by atoms with Crippen molar-refractivity contribution in [3.05, 3.63) is 47.5 Å². The second kappa shape index (κ2) is 11.5. The third-order valence-corrected chi connectivity index (χ3v) is 6.35. The molecule has 0 saturated heterocycles. The molecule has 5 nitrogen and oxygen atoms in total. The average molecular weight is 442 g/mol. The molecule has 0 aliphatic rings. The number of aromatic amines is 1. The van der Waals surface area contributed by atoms with Crippen LogP contribution in [-0.2, 0) is 0 Å². The van der Waals surface area contributed by atoms with Gasteiger partial charge in [0.25, 0.3) is 0 Å². The largest absolute Gasteiger partial charge is 0.369 e. The van der Waals surface area contributed by atoms with Crippen LogP contribution in [0.25, 0.3) is 22.4 Å². The molecule has 2 aromatic carbocycles. The summed E-state index contributed by atoms with van der Waals surface area (Å²) in [4.78, 5) is 15.6. The smallest absolute Gasteiger partial charge is 0.138 e. The summed E-state index contributed by atoms with van der Waals surface area (Å²) in [6.07, 6.45) is 0. The highest BCUT2D eigenvalue weighted by Crippen LogP contribution is 2.25. The van der Waals surface area contributed by atoms with E-state index < -0.39 is 0 Å². The quantitative estimate of drug-likeness (QED) is 0.410. The van der Waals surface area contributed by atoms with E-state index in [0.29, 0.717) is 0 Å². The average Bonchev–Trinajstić information content (AvgIpc) is 3.22. The zero-order valence-corrected chi connectivity index (χ0v) is 20.1. The van der Waals surface area contributed by atoms with Gasteiger partial charge in [0.1, 0.15) is 5.82 Å². The molecule has 6 heteroatoms. The van der Waals surface area contributed by atoms with E-state index in [1.54, 1.807) is 0 Å². The number of hydrogen-bond acceptors (Lipinski definition) is 4. The Morgan fingerprint density at radius 3 is 1.90 bits per heavy atom. The van der Waals surface area contributed by atoms with Crippen LogP contribution < -0.4 is 4.90 Å². The minimum Gasteiger partial charge on any atom is -0.369 e. The number of H-pyrrole nitrogens is 1. The van der Waals surface area contributed by atoms with Crippen LogP contribution in [0.5, 0.6) is 0 Å². The van der Waals surface area contributed by atoms with Crippen molar-refractivity contribution in [2.24, 2.45) is 0 Å². The number of imidazole rings is 1. The van der Waals surface area contributed by atoms with Gasteiger partial charge in [0.05, 0.1) is 11.0 Å². The van der Waals surface area contributed by atoms with Crippen molar-refractivity contribution in [3.63, 3.8) is 0 Å². The molecular formula is C25H36ClN5. The van der Waals surface area contributed by atoms with Gasteiger partial charge in [-0.05, 0) is 68.6 Å². The summed E-state index contributed by atoms with van der Waals surface area (Å²) in [5.41, 5.74) is 4.25. The molecular weight excluding hydrogens is 406 g/mol. The molecule has 0 saturated carbocycles. The third-order valence-electron chi connectivity index (χ3n) is 6.11. The number of likely N-dealkylation sites (N-methyl/N-ethyl adjacent to an activating group) is 2. The van der Waals surface area contributed by atoms with Crippen LogP contribution in [0.1, 0.15) is 27.7 Å². The minimum atomic E-state index is 0.718. The van der Waals surface area contributed by atoms with Gasteiger partial charge in [-0.25, -0.2) is 4.98 Å². The molecule has 1 aromatic heterocycles. The summed E-state index contributed by atoms with van der Waals surface area (Å²) >= 11 is 6.12. The molecule has 0 aliphatic carbocycles. The highest BCUT2D eigenvalue weighted by Gasteiger charge is 2.12. The highest BCUT2D eigenvalue weighted by molar-refractivity contribution is 6.31. The summed E-state index contributed by atoms with van der Waals surface area (Å²) in [5.74, 6) is 0.877. The zero-order valence-electron chi connectivity index (χ0n) is 19.4. The van der Waals surface area contributed by atoms with Gasteiger partial charge in [0.2, 0.25) is 0 Å². The molecule has 0 spiro atoms. The molecule has 3 rings (SSSR count). The van der Waals surface area contributed by atoms with Gasteiger partial charge in [-0.15, -0.1) is 0 Å². The molecule has 168 valence electrons. The Hall–Kier alpha value is -2.08. The van der Waals surface area contributed by atoms with E-state index in [4.69, 9.17) is 16.6 Å². The second-order valence-corrected chi connectivity index (χ2v) is 8.27. The molecule has 0 aliphatic heterocycles. The van der Waals surface area contributed by atoms with Gasteiger partial charge in [-0.1, -0.05) is 39.3 Å². The van der Waals surface area contributed by atoms with Gasteiger partial charge < -0.3 is 19.7 Å². The van der Waals surface area contributed by atoms with Gasteiger partial charge >= 0.3 is 0 Å². The second-order valence-electron chi connectivity index (χ2n) is 7.83. The third kappa shape index (κ3) is 6.22. The van der Waals surface area contributed by atoms with Crippen LogP contribution in [0.3, 0.4) is 0 Å². The molecule has 31 heavy (non-hydrogen) atoms. The number of halogens is 1. The maximum atomic E-state index is 6.12. The fourth-order valence-corrected chi connectivity index (χ4v) is 4.09. The zero-order chi connectivity index (χ0) is 22.2. The standard InChI is InChI=1S/C25H36ClN5/c1-5-29(6-2)15-17-31(18-16-30(7-3)8-4)22-12-9-20(10-13-22)25-27-23-14-11-21(26)19-24(23)28-25/h9-14,19H,5-8,15-18H2,1-4H3,(H,27,28). The molecule has 0 bridgehead atoms. The maximum Gasteiger partial charge on any atom is 0.138 e. The van der Waals surface area contributed by atoms with Crippen LogP contribution in [0, 0.1) is 0 Å². The normalized spacial score (nSPS) is 11.7. The van der Waals surface area contributed by atoms with Crippen molar-refractivity contribution >= 4 is 28.3 Å². The highest BCUT2D eigenvalue weighted by atomic mass is 35.5. The van der Waals surface area contributed by atoms with Crippen molar-refractivity contribution in [2.75, 3.05) is 57.3 Å². The van der Waals surface area contributed by atoms with E-state index in [2.05, 4.69) is 71.6 Å². The lowest BCUT2D eigenvalue weighted by molar-refractivity contribution is 0.294. The Morgan fingerprint density at radius 1 is 0.774 bits per heavy atom. The maximum absolute atomic E-state index is 6.12. The van der Waals surface area contributed by atoms with Crippen LogP contribution in [0.4, 0.5) is 5.69 Å². The van der Waals surface area contributed by atoms with Crippen LogP contribution >= 0.6 is 11.6 Å². The topological polar surface area (TPSA) is 38.4 Å². The Bertz CT molecular complexity index is 913. The summed E-state index contributed by atoms with van der Waals surface area (Å²) in [7, 11) is 0. The number of benzene rings is 2. The predicted octanol–water partition coefficient (Wildman–Crippen LogP) is 5.37. The van der Waals surface area contributed by atoms with Crippen molar-refractivity contribution in [1.29, 1.82) is 0 Å². The van der Waals surface area contributed by atoms with Crippen molar-refractivity contribution in [1.82, 2.24) is 19.8 Å². The van der Waals surface area contributed by atoms with Gasteiger partial charge in [-0.3, -0.25) is 0 Å². The number of fused-ring (bicyclic) bond motifs is 1. The first-order chi connectivity index (χ1) is 15.1. The monoisotopic (exact) mass is 441 g/mol. The van der Waals surface area contributed by atoms with Gasteiger partial charge in [-0.2, -0.15) is 0 Å². The van der Waals surface area contributed by atoms with E-state index in [0.717, 1.165) is 79.8 Å². The fourth-order valence-electron chi connectivity index (χ4n) is 3.92. The molecule has 0 radical (unpaired) electrons. The lowest BCUT2D eigenvalue weighted by atomic mass is 10.2. The Balaban J connectivity index is 1.77. The molecule has 1 N–H and O–H groups in total. The summed E-state index contributed by atoms with van der Waals surface area (Å²) < 4.78 is 0. The van der Waals surface area contributed by atoms with E-state index in [-0.39, 0.29) is 0 Å². The lowest BCUT2D eigenvalue weighted by Gasteiger charge is -2.30. The first-order valence-electron chi connectivity index (χ1n) is 11.5. The Kier molecular flexibility index (Phi) is 8.76. The molecule has 0 unspecified atom stereocenters.